The molecule has 0 bridgehead atoms. The highest BCUT2D eigenvalue weighted by Gasteiger charge is 2.40. The van der Waals surface area contributed by atoms with Gasteiger partial charge in [-0.25, -0.2) is 18.1 Å². The van der Waals surface area contributed by atoms with Gasteiger partial charge < -0.3 is 4.98 Å². The fraction of sp³-hybridized carbons (Fsp3) is 0.438. The third-order valence-electron chi connectivity index (χ3n) is 5.09. The van der Waals surface area contributed by atoms with Gasteiger partial charge in [0.25, 0.3) is 0 Å². The molecule has 0 spiro atoms. The molecule has 2 saturated carbocycles. The summed E-state index contributed by atoms with van der Waals surface area (Å²) >= 11 is 0. The first-order valence-electron chi connectivity index (χ1n) is 8.39. The fourth-order valence-corrected chi connectivity index (χ4v) is 5.29. The standard InChI is InChI=1S/C16H18N6O2S/c1-9-6-10(21-25(23,24)11-2-3-11)7-12(9)16-20-19-14-8-18-15-13(22(14)16)4-5-17-15/h4-5,8,10-12,17,21H,1-3,6-7H2/t10-,12+/m0/s1. The number of fused-ring (bicyclic) bond motifs is 3. The molecule has 0 unspecified atom stereocenters. The smallest absolute Gasteiger partial charge is 0.214 e. The van der Waals surface area contributed by atoms with E-state index >= 15 is 0 Å². The van der Waals surface area contributed by atoms with Crippen molar-refractivity contribution < 1.29 is 8.42 Å². The van der Waals surface area contributed by atoms with Crippen LogP contribution in [0.3, 0.4) is 0 Å². The Balaban J connectivity index is 1.50. The van der Waals surface area contributed by atoms with Gasteiger partial charge in [0.15, 0.2) is 11.3 Å². The van der Waals surface area contributed by atoms with Crippen molar-refractivity contribution in [2.75, 3.05) is 0 Å². The molecule has 2 aliphatic carbocycles. The van der Waals surface area contributed by atoms with Crippen LogP contribution < -0.4 is 4.72 Å². The number of nitrogens with one attached hydrogen (secondary N) is 2. The topological polar surface area (TPSA) is 105 Å². The summed E-state index contributed by atoms with van der Waals surface area (Å²) in [6.45, 7) is 4.17. The van der Waals surface area contributed by atoms with Crippen LogP contribution in [0.15, 0.2) is 30.6 Å². The Morgan fingerprint density at radius 3 is 2.96 bits per heavy atom. The van der Waals surface area contributed by atoms with Gasteiger partial charge in [-0.15, -0.1) is 10.2 Å². The summed E-state index contributed by atoms with van der Waals surface area (Å²) in [7, 11) is -3.20. The van der Waals surface area contributed by atoms with Gasteiger partial charge in [0.2, 0.25) is 10.0 Å². The maximum atomic E-state index is 12.2. The fourth-order valence-electron chi connectivity index (χ4n) is 3.70. The molecule has 5 rings (SSSR count). The molecule has 0 amide bonds. The van der Waals surface area contributed by atoms with Gasteiger partial charge in [0, 0.05) is 18.2 Å². The largest absolute Gasteiger partial charge is 0.345 e. The van der Waals surface area contributed by atoms with Gasteiger partial charge in [-0.3, -0.25) is 4.40 Å². The first kappa shape index (κ1) is 15.0. The van der Waals surface area contributed by atoms with Crippen LogP contribution in [0, 0.1) is 0 Å². The maximum absolute atomic E-state index is 12.2. The lowest BCUT2D eigenvalue weighted by Gasteiger charge is -2.12. The maximum Gasteiger partial charge on any atom is 0.214 e. The molecule has 2 fully saturated rings. The van der Waals surface area contributed by atoms with Gasteiger partial charge >= 0.3 is 0 Å². The lowest BCUT2D eigenvalue weighted by molar-refractivity contribution is 0.545. The summed E-state index contributed by atoms with van der Waals surface area (Å²) in [6.07, 6.45) is 6.32. The van der Waals surface area contributed by atoms with Crippen molar-refractivity contribution in [3.05, 3.63) is 36.4 Å². The normalized spacial score (nSPS) is 24.6. The zero-order valence-corrected chi connectivity index (χ0v) is 14.3. The van der Waals surface area contributed by atoms with Crippen LogP contribution in [-0.2, 0) is 10.0 Å². The Kier molecular flexibility index (Phi) is 3.08. The van der Waals surface area contributed by atoms with Gasteiger partial charge in [-0.2, -0.15) is 0 Å². The Morgan fingerprint density at radius 1 is 1.32 bits per heavy atom. The van der Waals surface area contributed by atoms with Crippen molar-refractivity contribution in [1.29, 1.82) is 0 Å². The highest BCUT2D eigenvalue weighted by Crippen LogP contribution is 2.39. The molecule has 3 aromatic rings. The van der Waals surface area contributed by atoms with Crippen molar-refractivity contribution in [3.63, 3.8) is 0 Å². The average Bonchev–Trinajstić information content (AvgIpc) is 3.03. The Labute approximate surface area is 144 Å². The van der Waals surface area contributed by atoms with Crippen LogP contribution in [0.1, 0.15) is 37.4 Å². The highest BCUT2D eigenvalue weighted by atomic mass is 32.2. The van der Waals surface area contributed by atoms with E-state index < -0.39 is 10.0 Å². The second-order valence-electron chi connectivity index (χ2n) is 6.93. The number of rotatable bonds is 4. The number of aromatic nitrogens is 5. The van der Waals surface area contributed by atoms with E-state index in [4.69, 9.17) is 0 Å². The van der Waals surface area contributed by atoms with Crippen molar-refractivity contribution in [3.8, 4) is 0 Å². The van der Waals surface area contributed by atoms with Gasteiger partial charge in [-0.1, -0.05) is 12.2 Å². The zero-order chi connectivity index (χ0) is 17.2. The molecule has 0 radical (unpaired) electrons. The van der Waals surface area contributed by atoms with Crippen LogP contribution in [0.25, 0.3) is 16.8 Å². The lowest BCUT2D eigenvalue weighted by Crippen LogP contribution is -2.35. The van der Waals surface area contributed by atoms with Crippen LogP contribution >= 0.6 is 0 Å². The van der Waals surface area contributed by atoms with Crippen LogP contribution in [0.4, 0.5) is 0 Å². The van der Waals surface area contributed by atoms with Crippen LogP contribution in [0.5, 0.6) is 0 Å². The van der Waals surface area contributed by atoms with Gasteiger partial charge in [-0.05, 0) is 31.7 Å². The van der Waals surface area contributed by atoms with Crippen molar-refractivity contribution in [2.45, 2.75) is 42.9 Å². The molecule has 9 heteroatoms. The third-order valence-corrected chi connectivity index (χ3v) is 7.11. The molecule has 0 saturated heterocycles. The van der Waals surface area contributed by atoms with Gasteiger partial charge in [0.05, 0.1) is 17.0 Å². The molecule has 130 valence electrons. The first-order chi connectivity index (χ1) is 12.0. The first-order valence-corrected chi connectivity index (χ1v) is 9.93. The summed E-state index contributed by atoms with van der Waals surface area (Å²) in [5.74, 6) is 0.766. The molecule has 0 aliphatic heterocycles. The zero-order valence-electron chi connectivity index (χ0n) is 13.5. The lowest BCUT2D eigenvalue weighted by atomic mass is 10.0. The summed E-state index contributed by atoms with van der Waals surface area (Å²) in [5.41, 5.74) is 3.34. The Bertz CT molecular complexity index is 1090. The van der Waals surface area contributed by atoms with Gasteiger partial charge in [0.1, 0.15) is 5.82 Å². The Morgan fingerprint density at radius 2 is 2.16 bits per heavy atom. The van der Waals surface area contributed by atoms with Crippen LogP contribution in [-0.4, -0.2) is 44.3 Å². The van der Waals surface area contributed by atoms with E-state index in [1.807, 2.05) is 16.7 Å². The molecule has 2 N–H and O–H groups in total. The van der Waals surface area contributed by atoms with E-state index in [9.17, 15) is 8.42 Å². The third kappa shape index (κ3) is 2.37. The predicted octanol–water partition coefficient (Wildman–Crippen LogP) is 1.49. The summed E-state index contributed by atoms with van der Waals surface area (Å²) < 4.78 is 29.3. The van der Waals surface area contributed by atoms with E-state index in [0.717, 1.165) is 35.4 Å². The van der Waals surface area contributed by atoms with E-state index in [1.54, 1.807) is 6.20 Å². The monoisotopic (exact) mass is 358 g/mol. The number of hydrogen-bond acceptors (Lipinski definition) is 5. The molecule has 25 heavy (non-hydrogen) atoms. The SMILES string of the molecule is C=C1C[C@H](NS(=O)(=O)C2CC2)C[C@H]1c1nnc2cnc3[nH]ccc3n12. The van der Waals surface area contributed by atoms with E-state index in [0.29, 0.717) is 18.5 Å². The Hall–Kier alpha value is -2.26. The molecular weight excluding hydrogens is 340 g/mol. The molecule has 2 aliphatic rings. The minimum absolute atomic E-state index is 0.0256. The minimum Gasteiger partial charge on any atom is -0.345 e. The summed E-state index contributed by atoms with van der Waals surface area (Å²) in [6, 6.07) is 1.81. The molecule has 8 nitrogen and oxygen atoms in total. The van der Waals surface area contributed by atoms with E-state index in [-0.39, 0.29) is 17.2 Å². The number of H-pyrrole nitrogens is 1. The van der Waals surface area contributed by atoms with E-state index in [2.05, 4.69) is 31.5 Å². The molecule has 3 aromatic heterocycles. The van der Waals surface area contributed by atoms with Crippen molar-refractivity contribution in [2.24, 2.45) is 0 Å². The predicted molar refractivity (Wildman–Crippen MR) is 92.6 cm³/mol. The molecule has 2 atom stereocenters. The second-order valence-corrected chi connectivity index (χ2v) is 8.92. The minimum atomic E-state index is -3.20. The van der Waals surface area contributed by atoms with E-state index in [1.165, 1.54) is 0 Å². The van der Waals surface area contributed by atoms with Crippen LogP contribution in [0.2, 0.25) is 0 Å². The van der Waals surface area contributed by atoms with Crippen molar-refractivity contribution in [1.82, 2.24) is 29.3 Å². The molecule has 3 heterocycles. The highest BCUT2D eigenvalue weighted by molar-refractivity contribution is 7.90. The number of sulfonamides is 1. The molecular formula is C16H18N6O2S. The summed E-state index contributed by atoms with van der Waals surface area (Å²) in [5, 5.41) is 8.37. The number of hydrogen-bond donors (Lipinski definition) is 2. The quantitative estimate of drug-likeness (QED) is 0.688. The van der Waals surface area contributed by atoms with Crippen molar-refractivity contribution >= 4 is 26.8 Å². The number of nitrogens with zero attached hydrogens (tertiary/aromatic N) is 4. The average molecular weight is 358 g/mol. The summed E-state index contributed by atoms with van der Waals surface area (Å²) in [4.78, 5) is 7.41. The molecule has 0 aromatic carbocycles. The second kappa shape index (κ2) is 5.12. The number of aromatic amines is 1.